The van der Waals surface area contributed by atoms with E-state index in [0.717, 1.165) is 12.8 Å². The fourth-order valence-corrected chi connectivity index (χ4v) is 1.36. The zero-order chi connectivity index (χ0) is 11.5. The first kappa shape index (κ1) is 14.2. The molecule has 0 aliphatic heterocycles. The van der Waals surface area contributed by atoms with E-state index in [1.165, 1.54) is 19.3 Å². The lowest BCUT2D eigenvalue weighted by molar-refractivity contribution is -0.136. The summed E-state index contributed by atoms with van der Waals surface area (Å²) < 4.78 is 0. The topological polar surface area (TPSA) is 57.5 Å². The summed E-state index contributed by atoms with van der Waals surface area (Å²) in [4.78, 5) is 10.2. The first-order valence-corrected chi connectivity index (χ1v) is 5.71. The van der Waals surface area contributed by atoms with Crippen LogP contribution in [-0.4, -0.2) is 22.3 Å². The third kappa shape index (κ3) is 11.1. The van der Waals surface area contributed by atoms with Crippen LogP contribution in [0.5, 0.6) is 0 Å². The Hall–Kier alpha value is -0.830. The van der Waals surface area contributed by atoms with Gasteiger partial charge in [0.05, 0.1) is 12.5 Å². The maximum absolute atomic E-state index is 10.2. The summed E-state index contributed by atoms with van der Waals surface area (Å²) >= 11 is 0. The molecule has 0 rings (SSSR count). The van der Waals surface area contributed by atoms with Crippen LogP contribution in [-0.2, 0) is 4.79 Å². The van der Waals surface area contributed by atoms with Crippen LogP contribution in [0.3, 0.4) is 0 Å². The molecule has 0 bridgehead atoms. The number of hydrogen-bond acceptors (Lipinski definition) is 2. The van der Waals surface area contributed by atoms with Gasteiger partial charge in [-0.25, -0.2) is 0 Å². The minimum Gasteiger partial charge on any atom is -0.481 e. The van der Waals surface area contributed by atoms with Crippen LogP contribution in [0.4, 0.5) is 0 Å². The van der Waals surface area contributed by atoms with E-state index in [9.17, 15) is 9.90 Å². The van der Waals surface area contributed by atoms with Crippen LogP contribution >= 0.6 is 0 Å². The second-order valence-electron chi connectivity index (χ2n) is 3.81. The predicted octanol–water partition coefficient (Wildman–Crippen LogP) is 2.74. The van der Waals surface area contributed by atoms with Gasteiger partial charge in [0.25, 0.3) is 0 Å². The van der Waals surface area contributed by atoms with Gasteiger partial charge in [-0.3, -0.25) is 4.79 Å². The van der Waals surface area contributed by atoms with Gasteiger partial charge < -0.3 is 10.2 Å². The molecule has 0 heterocycles. The molecule has 3 heteroatoms. The van der Waals surface area contributed by atoms with Crippen LogP contribution in [0.2, 0.25) is 0 Å². The van der Waals surface area contributed by atoms with E-state index in [4.69, 9.17) is 5.11 Å². The molecule has 0 fully saturated rings. The molecular weight excluding hydrogens is 192 g/mol. The fraction of sp³-hybridized carbons (Fsp3) is 0.750. The van der Waals surface area contributed by atoms with Crippen LogP contribution in [0.15, 0.2) is 12.2 Å². The van der Waals surface area contributed by atoms with Crippen LogP contribution in [0, 0.1) is 0 Å². The highest BCUT2D eigenvalue weighted by Gasteiger charge is 2.00. The summed E-state index contributed by atoms with van der Waals surface area (Å²) in [6.07, 6.45) is 9.12. The monoisotopic (exact) mass is 214 g/mol. The fourth-order valence-electron chi connectivity index (χ4n) is 1.36. The molecule has 1 unspecified atom stereocenters. The Labute approximate surface area is 91.8 Å². The number of aliphatic hydroxyl groups is 1. The summed E-state index contributed by atoms with van der Waals surface area (Å²) in [5.41, 5.74) is 0. The quantitative estimate of drug-likeness (QED) is 0.458. The van der Waals surface area contributed by atoms with E-state index in [1.54, 1.807) is 12.2 Å². The number of carboxylic acid groups (broad SMARTS) is 1. The molecule has 88 valence electrons. The highest BCUT2D eigenvalue weighted by molar-refractivity contribution is 5.68. The Morgan fingerprint density at radius 2 is 2.00 bits per heavy atom. The largest absolute Gasteiger partial charge is 0.481 e. The van der Waals surface area contributed by atoms with E-state index >= 15 is 0 Å². The molecule has 0 aromatic heterocycles. The van der Waals surface area contributed by atoms with Crippen molar-refractivity contribution in [2.24, 2.45) is 0 Å². The van der Waals surface area contributed by atoms with Crippen molar-refractivity contribution in [2.45, 2.75) is 58.0 Å². The normalized spacial score (nSPS) is 13.2. The maximum atomic E-state index is 10.2. The SMILES string of the molecule is CCCCCCC(O)CC=CCC(=O)O. The third-order valence-electron chi connectivity index (χ3n) is 2.26. The zero-order valence-electron chi connectivity index (χ0n) is 9.48. The van der Waals surface area contributed by atoms with Crippen LogP contribution < -0.4 is 0 Å². The Balaban J connectivity index is 3.36. The average Bonchev–Trinajstić information content (AvgIpc) is 2.19. The highest BCUT2D eigenvalue weighted by atomic mass is 16.4. The smallest absolute Gasteiger partial charge is 0.307 e. The van der Waals surface area contributed by atoms with Gasteiger partial charge in [0.2, 0.25) is 0 Å². The van der Waals surface area contributed by atoms with Gasteiger partial charge in [-0.1, -0.05) is 44.8 Å². The second kappa shape index (κ2) is 9.71. The Morgan fingerprint density at radius 3 is 2.60 bits per heavy atom. The van der Waals surface area contributed by atoms with Gasteiger partial charge in [0, 0.05) is 0 Å². The highest BCUT2D eigenvalue weighted by Crippen LogP contribution is 2.08. The Morgan fingerprint density at radius 1 is 1.27 bits per heavy atom. The standard InChI is InChI=1S/C12H22O3/c1-2-3-4-5-8-11(13)9-6-7-10-12(14)15/h6-7,11,13H,2-5,8-10H2,1H3,(H,14,15). The lowest BCUT2D eigenvalue weighted by Crippen LogP contribution is -2.04. The minimum absolute atomic E-state index is 0.0442. The number of aliphatic carboxylic acids is 1. The van der Waals surface area contributed by atoms with E-state index in [2.05, 4.69) is 6.92 Å². The van der Waals surface area contributed by atoms with E-state index in [1.807, 2.05) is 0 Å². The van der Waals surface area contributed by atoms with Gasteiger partial charge in [-0.2, -0.15) is 0 Å². The number of aliphatic hydroxyl groups excluding tert-OH is 1. The van der Waals surface area contributed by atoms with Crippen molar-refractivity contribution in [1.29, 1.82) is 0 Å². The molecule has 0 aromatic rings. The molecule has 3 nitrogen and oxygen atoms in total. The third-order valence-corrected chi connectivity index (χ3v) is 2.26. The minimum atomic E-state index is -0.830. The first-order chi connectivity index (χ1) is 7.16. The summed E-state index contributed by atoms with van der Waals surface area (Å²) in [7, 11) is 0. The van der Waals surface area contributed by atoms with Crippen molar-refractivity contribution in [3.05, 3.63) is 12.2 Å². The predicted molar refractivity (Wildman–Crippen MR) is 60.8 cm³/mol. The second-order valence-corrected chi connectivity index (χ2v) is 3.81. The molecule has 0 aliphatic rings. The van der Waals surface area contributed by atoms with Crippen molar-refractivity contribution < 1.29 is 15.0 Å². The zero-order valence-corrected chi connectivity index (χ0v) is 9.48. The Bertz CT molecular complexity index is 187. The lowest BCUT2D eigenvalue weighted by atomic mass is 10.1. The van der Waals surface area contributed by atoms with Crippen molar-refractivity contribution in [1.82, 2.24) is 0 Å². The molecule has 0 saturated carbocycles. The number of unbranched alkanes of at least 4 members (excludes halogenated alkanes) is 3. The van der Waals surface area contributed by atoms with E-state index in [0.29, 0.717) is 6.42 Å². The molecule has 0 radical (unpaired) electrons. The Kier molecular flexibility index (Phi) is 9.18. The molecule has 0 saturated heterocycles. The molecule has 1 atom stereocenters. The molecule has 0 aliphatic carbocycles. The molecule has 2 N–H and O–H groups in total. The molecule has 15 heavy (non-hydrogen) atoms. The molecule has 0 amide bonds. The average molecular weight is 214 g/mol. The van der Waals surface area contributed by atoms with Gasteiger partial charge in [-0.05, 0) is 12.8 Å². The maximum Gasteiger partial charge on any atom is 0.307 e. The molecule has 0 aromatic carbocycles. The van der Waals surface area contributed by atoms with Gasteiger partial charge in [0.1, 0.15) is 0 Å². The lowest BCUT2D eigenvalue weighted by Gasteiger charge is -2.06. The van der Waals surface area contributed by atoms with Crippen molar-refractivity contribution in [2.75, 3.05) is 0 Å². The van der Waals surface area contributed by atoms with Crippen molar-refractivity contribution in [3.63, 3.8) is 0 Å². The number of carbonyl (C=O) groups is 1. The molecule has 0 spiro atoms. The summed E-state index contributed by atoms with van der Waals surface area (Å²) in [6, 6.07) is 0. The number of carboxylic acids is 1. The van der Waals surface area contributed by atoms with Crippen LogP contribution in [0.1, 0.15) is 51.9 Å². The van der Waals surface area contributed by atoms with Gasteiger partial charge in [0.15, 0.2) is 0 Å². The summed E-state index contributed by atoms with van der Waals surface area (Å²) in [6.45, 7) is 2.16. The van der Waals surface area contributed by atoms with Gasteiger partial charge >= 0.3 is 5.97 Å². The first-order valence-electron chi connectivity index (χ1n) is 5.71. The van der Waals surface area contributed by atoms with Crippen molar-refractivity contribution >= 4 is 5.97 Å². The molecular formula is C12H22O3. The van der Waals surface area contributed by atoms with E-state index in [-0.39, 0.29) is 12.5 Å². The summed E-state index contributed by atoms with van der Waals surface area (Å²) in [5.74, 6) is -0.830. The van der Waals surface area contributed by atoms with Crippen LogP contribution in [0.25, 0.3) is 0 Å². The number of hydrogen-bond donors (Lipinski definition) is 2. The number of rotatable bonds is 9. The summed E-state index contributed by atoms with van der Waals surface area (Å²) in [5, 5.41) is 17.9. The van der Waals surface area contributed by atoms with E-state index < -0.39 is 5.97 Å². The van der Waals surface area contributed by atoms with Gasteiger partial charge in [-0.15, -0.1) is 0 Å². The van der Waals surface area contributed by atoms with Crippen molar-refractivity contribution in [3.8, 4) is 0 Å².